The molecule has 0 atom stereocenters. The first kappa shape index (κ1) is 11.7. The highest BCUT2D eigenvalue weighted by Crippen LogP contribution is 2.14. The summed E-state index contributed by atoms with van der Waals surface area (Å²) in [6, 6.07) is 5.91. The zero-order chi connectivity index (χ0) is 12.3. The zero-order valence-electron chi connectivity index (χ0n) is 9.81. The zero-order valence-corrected chi connectivity index (χ0v) is 9.81. The van der Waals surface area contributed by atoms with Crippen molar-refractivity contribution in [1.29, 1.82) is 0 Å². The van der Waals surface area contributed by atoms with Gasteiger partial charge in [-0.25, -0.2) is 4.98 Å². The van der Waals surface area contributed by atoms with Gasteiger partial charge in [-0.15, -0.1) is 0 Å². The van der Waals surface area contributed by atoms with Crippen molar-refractivity contribution in [3.63, 3.8) is 0 Å². The molecule has 0 unspecified atom stereocenters. The molecule has 2 radical (unpaired) electrons. The highest BCUT2D eigenvalue weighted by Gasteiger charge is 2.03. The molecule has 17 heavy (non-hydrogen) atoms. The summed E-state index contributed by atoms with van der Waals surface area (Å²) < 4.78 is 1.91. The van der Waals surface area contributed by atoms with Gasteiger partial charge in [0, 0.05) is 6.42 Å². The maximum atomic E-state index is 11.2. The van der Waals surface area contributed by atoms with Gasteiger partial charge in [-0.05, 0) is 12.1 Å². The van der Waals surface area contributed by atoms with Crippen LogP contribution in [0.15, 0.2) is 24.5 Å². The number of amides is 1. The van der Waals surface area contributed by atoms with E-state index in [0.717, 1.165) is 16.6 Å². The van der Waals surface area contributed by atoms with E-state index in [4.69, 9.17) is 7.85 Å². The second-order valence-corrected chi connectivity index (χ2v) is 3.85. The number of fused-ring (bicyclic) bond motifs is 1. The second-order valence-electron chi connectivity index (χ2n) is 3.85. The van der Waals surface area contributed by atoms with Crippen molar-refractivity contribution >= 4 is 24.8 Å². The molecular weight excluding hydrogens is 213 g/mol. The van der Waals surface area contributed by atoms with Crippen molar-refractivity contribution in [1.82, 2.24) is 14.9 Å². The molecule has 4 nitrogen and oxygen atoms in total. The van der Waals surface area contributed by atoms with Crippen LogP contribution in [-0.4, -0.2) is 23.3 Å². The van der Waals surface area contributed by atoms with Gasteiger partial charge in [-0.2, -0.15) is 0 Å². The number of rotatable bonds is 4. The molecule has 0 spiro atoms. The Bertz CT molecular complexity index is 536. The van der Waals surface area contributed by atoms with Crippen LogP contribution >= 0.6 is 0 Å². The standard InChI is InChI=1S/C12H14BN3O/c1-2-12(17)15-8-16-7-14-10-5-9(6-13)3-4-11(10)16/h3-5,7H,2,6,8H2,1H3,(H,15,17). The van der Waals surface area contributed by atoms with Gasteiger partial charge >= 0.3 is 0 Å². The van der Waals surface area contributed by atoms with Crippen LogP contribution in [0.5, 0.6) is 0 Å². The van der Waals surface area contributed by atoms with Gasteiger partial charge in [0.15, 0.2) is 0 Å². The van der Waals surface area contributed by atoms with E-state index in [1.807, 2.05) is 29.7 Å². The number of nitrogens with one attached hydrogen (secondary N) is 1. The Labute approximate surface area is 101 Å². The van der Waals surface area contributed by atoms with Gasteiger partial charge in [0.25, 0.3) is 0 Å². The molecule has 86 valence electrons. The van der Waals surface area contributed by atoms with E-state index in [1.165, 1.54) is 0 Å². The van der Waals surface area contributed by atoms with Gasteiger partial charge < -0.3 is 9.88 Å². The van der Waals surface area contributed by atoms with E-state index >= 15 is 0 Å². The predicted octanol–water partition coefficient (Wildman–Crippen LogP) is 1.19. The number of hydrogen-bond donors (Lipinski definition) is 1. The summed E-state index contributed by atoms with van der Waals surface area (Å²) in [4.78, 5) is 15.5. The van der Waals surface area contributed by atoms with Gasteiger partial charge in [0.1, 0.15) is 0 Å². The Hall–Kier alpha value is -1.78. The fourth-order valence-corrected chi connectivity index (χ4v) is 1.66. The van der Waals surface area contributed by atoms with Crippen LogP contribution in [0.4, 0.5) is 0 Å². The number of imidazole rings is 1. The van der Waals surface area contributed by atoms with Gasteiger partial charge in [-0.1, -0.05) is 24.9 Å². The average Bonchev–Trinajstić information content (AvgIpc) is 2.77. The van der Waals surface area contributed by atoms with Gasteiger partial charge in [0.05, 0.1) is 31.9 Å². The smallest absolute Gasteiger partial charge is 0.221 e. The lowest BCUT2D eigenvalue weighted by Crippen LogP contribution is -2.24. The third kappa shape index (κ3) is 2.49. The largest absolute Gasteiger partial charge is 0.338 e. The number of benzene rings is 1. The van der Waals surface area contributed by atoms with Gasteiger partial charge in [-0.3, -0.25) is 4.79 Å². The summed E-state index contributed by atoms with van der Waals surface area (Å²) >= 11 is 0. The summed E-state index contributed by atoms with van der Waals surface area (Å²) in [5.41, 5.74) is 2.96. The molecule has 1 heterocycles. The van der Waals surface area contributed by atoms with Crippen LogP contribution in [0.3, 0.4) is 0 Å². The average molecular weight is 227 g/mol. The molecule has 1 amide bonds. The molecule has 0 fully saturated rings. The molecule has 1 aromatic carbocycles. The lowest BCUT2D eigenvalue weighted by atomic mass is 9.97. The summed E-state index contributed by atoms with van der Waals surface area (Å²) in [6.45, 7) is 2.28. The Morgan fingerprint density at radius 1 is 1.53 bits per heavy atom. The Kier molecular flexibility index (Phi) is 3.47. The summed E-state index contributed by atoms with van der Waals surface area (Å²) in [6.07, 6.45) is 2.72. The summed E-state index contributed by atoms with van der Waals surface area (Å²) in [7, 11) is 5.57. The molecule has 5 heteroatoms. The van der Waals surface area contributed by atoms with Crippen LogP contribution < -0.4 is 5.32 Å². The van der Waals surface area contributed by atoms with E-state index in [-0.39, 0.29) is 5.91 Å². The van der Waals surface area contributed by atoms with Crippen molar-refractivity contribution in [2.24, 2.45) is 0 Å². The van der Waals surface area contributed by atoms with Crippen LogP contribution in [0.25, 0.3) is 11.0 Å². The van der Waals surface area contributed by atoms with Crippen molar-refractivity contribution in [2.45, 2.75) is 26.3 Å². The second kappa shape index (κ2) is 5.04. The first-order valence-electron chi connectivity index (χ1n) is 5.65. The van der Waals surface area contributed by atoms with E-state index in [0.29, 0.717) is 19.4 Å². The minimum absolute atomic E-state index is 0.0328. The lowest BCUT2D eigenvalue weighted by molar-refractivity contribution is -0.121. The van der Waals surface area contributed by atoms with Crippen LogP contribution in [0.2, 0.25) is 0 Å². The minimum atomic E-state index is 0.0328. The highest BCUT2D eigenvalue weighted by molar-refractivity contribution is 6.08. The van der Waals surface area contributed by atoms with E-state index in [2.05, 4.69) is 10.3 Å². The molecule has 0 aliphatic heterocycles. The molecule has 2 rings (SSSR count). The topological polar surface area (TPSA) is 46.9 Å². The fraction of sp³-hybridized carbons (Fsp3) is 0.333. The minimum Gasteiger partial charge on any atom is -0.338 e. The SMILES string of the molecule is [B]Cc1ccc2c(c1)ncn2CNC(=O)CC. The third-order valence-electron chi connectivity index (χ3n) is 2.69. The molecule has 2 aromatic rings. The van der Waals surface area contributed by atoms with Crippen molar-refractivity contribution in [3.05, 3.63) is 30.1 Å². The monoisotopic (exact) mass is 227 g/mol. The number of aromatic nitrogens is 2. The number of carbonyl (C=O) groups is 1. The molecule has 0 bridgehead atoms. The number of nitrogens with zero attached hydrogens (tertiary/aromatic N) is 2. The normalized spacial score (nSPS) is 10.6. The molecule has 0 saturated heterocycles. The van der Waals surface area contributed by atoms with Crippen molar-refractivity contribution < 1.29 is 4.79 Å². The summed E-state index contributed by atoms with van der Waals surface area (Å²) in [5, 5.41) is 2.81. The lowest BCUT2D eigenvalue weighted by Gasteiger charge is -2.06. The molecule has 0 saturated carbocycles. The van der Waals surface area contributed by atoms with Gasteiger partial charge in [0.2, 0.25) is 5.91 Å². The molecular formula is C12H14BN3O. The number of hydrogen-bond acceptors (Lipinski definition) is 2. The van der Waals surface area contributed by atoms with E-state index in [1.54, 1.807) is 6.33 Å². The van der Waals surface area contributed by atoms with Crippen LogP contribution in [-0.2, 0) is 17.8 Å². The first-order chi connectivity index (χ1) is 8.24. The quantitative estimate of drug-likeness (QED) is 0.797. The van der Waals surface area contributed by atoms with Crippen molar-refractivity contribution in [3.8, 4) is 0 Å². The maximum absolute atomic E-state index is 11.2. The molecule has 0 aliphatic carbocycles. The maximum Gasteiger partial charge on any atom is 0.221 e. The Morgan fingerprint density at radius 3 is 3.06 bits per heavy atom. The van der Waals surface area contributed by atoms with Crippen LogP contribution in [0.1, 0.15) is 18.9 Å². The molecule has 0 aliphatic rings. The Morgan fingerprint density at radius 2 is 2.35 bits per heavy atom. The predicted molar refractivity (Wildman–Crippen MR) is 67.6 cm³/mol. The highest BCUT2D eigenvalue weighted by atomic mass is 16.1. The Balaban J connectivity index is 2.21. The summed E-state index contributed by atoms with van der Waals surface area (Å²) in [5.74, 6) is 0.0328. The molecule has 1 N–H and O–H groups in total. The van der Waals surface area contributed by atoms with E-state index in [9.17, 15) is 4.79 Å². The number of carbonyl (C=O) groups excluding carboxylic acids is 1. The van der Waals surface area contributed by atoms with Crippen molar-refractivity contribution in [2.75, 3.05) is 0 Å². The van der Waals surface area contributed by atoms with E-state index < -0.39 is 0 Å². The first-order valence-corrected chi connectivity index (χ1v) is 5.65. The fourth-order valence-electron chi connectivity index (χ4n) is 1.66. The van der Waals surface area contributed by atoms with Crippen LogP contribution in [0, 0.1) is 0 Å². The third-order valence-corrected chi connectivity index (χ3v) is 2.69. The molecule has 1 aromatic heterocycles.